The van der Waals surface area contributed by atoms with Gasteiger partial charge in [-0.2, -0.15) is 0 Å². The van der Waals surface area contributed by atoms with E-state index in [0.717, 1.165) is 12.8 Å². The number of ketones is 1. The van der Waals surface area contributed by atoms with Gasteiger partial charge in [0, 0.05) is 33.7 Å². The number of aryl methyl sites for hydroxylation is 1. The third-order valence-corrected chi connectivity index (χ3v) is 7.95. The van der Waals surface area contributed by atoms with Crippen LogP contribution in [0.15, 0.2) is 56.8 Å². The van der Waals surface area contributed by atoms with Gasteiger partial charge in [0.15, 0.2) is 5.78 Å². The third kappa shape index (κ3) is 4.01. The van der Waals surface area contributed by atoms with Gasteiger partial charge in [-0.25, -0.2) is 9.18 Å². The van der Waals surface area contributed by atoms with Crippen LogP contribution in [0.4, 0.5) is 15.9 Å². The number of rotatable bonds is 6. The molecule has 0 amide bonds. The number of halogens is 2. The Hall–Kier alpha value is -3.54. The highest BCUT2D eigenvalue weighted by atomic mass is 127. The van der Waals surface area contributed by atoms with E-state index in [1.165, 1.54) is 32.9 Å². The topological polar surface area (TPSA) is 95.1 Å². The monoisotopic (exact) mass is 626 g/mol. The minimum absolute atomic E-state index is 0.00667. The van der Waals surface area contributed by atoms with Crippen molar-refractivity contribution >= 4 is 50.8 Å². The number of Topliss-reactive ketones (excluding diaryl/α,β-unsaturated/α-hetero) is 1. The summed E-state index contributed by atoms with van der Waals surface area (Å²) in [7, 11) is 1.51. The molecule has 0 bridgehead atoms. The average Bonchev–Trinajstić information content (AvgIpc) is 3.80. The molecule has 2 aliphatic carbocycles. The smallest absolute Gasteiger partial charge is 0.336 e. The molecule has 2 heterocycles. The van der Waals surface area contributed by atoms with Crippen molar-refractivity contribution in [3.05, 3.63) is 94.2 Å². The Balaban J connectivity index is 1.70. The van der Waals surface area contributed by atoms with Crippen LogP contribution in [0.25, 0.3) is 16.6 Å². The summed E-state index contributed by atoms with van der Waals surface area (Å²) in [5, 5.41) is 3.06. The SMILES string of the molecule is Cc1c(=O)n(C)c(Nc2ccc(I)cc2F)c2c(=O)n(C3CC3)c(=O)n(-c3cccc(C(=O)C4CC4)c3)c12. The molecule has 38 heavy (non-hydrogen) atoms. The summed E-state index contributed by atoms with van der Waals surface area (Å²) in [6.07, 6.45) is 3.05. The summed E-state index contributed by atoms with van der Waals surface area (Å²) < 4.78 is 19.4. The van der Waals surface area contributed by atoms with E-state index in [-0.39, 0.29) is 45.7 Å². The number of carbonyl (C=O) groups excluding carboxylic acids is 1. The van der Waals surface area contributed by atoms with Gasteiger partial charge in [0.2, 0.25) is 0 Å². The maximum Gasteiger partial charge on any atom is 0.336 e. The number of pyridine rings is 1. The first-order valence-electron chi connectivity index (χ1n) is 12.4. The maximum absolute atomic E-state index is 14.8. The highest BCUT2D eigenvalue weighted by molar-refractivity contribution is 14.1. The molecule has 2 aliphatic rings. The second kappa shape index (κ2) is 9.04. The molecule has 4 aromatic rings. The van der Waals surface area contributed by atoms with Crippen LogP contribution >= 0.6 is 22.6 Å². The lowest BCUT2D eigenvalue weighted by Crippen LogP contribution is -2.41. The second-order valence-corrected chi connectivity index (χ2v) is 11.3. The lowest BCUT2D eigenvalue weighted by molar-refractivity contribution is 0.0967. The van der Waals surface area contributed by atoms with Gasteiger partial charge < -0.3 is 5.32 Å². The molecule has 0 spiro atoms. The number of carbonyl (C=O) groups is 1. The van der Waals surface area contributed by atoms with Crippen molar-refractivity contribution in [3.8, 4) is 5.69 Å². The molecule has 2 fully saturated rings. The van der Waals surface area contributed by atoms with E-state index in [1.54, 1.807) is 37.3 Å². The molecule has 6 rings (SSSR count). The predicted octanol–water partition coefficient (Wildman–Crippen LogP) is 4.57. The van der Waals surface area contributed by atoms with Crippen molar-refractivity contribution in [2.24, 2.45) is 13.0 Å². The van der Waals surface area contributed by atoms with E-state index in [2.05, 4.69) is 5.32 Å². The lowest BCUT2D eigenvalue weighted by Gasteiger charge is -2.21. The van der Waals surface area contributed by atoms with E-state index in [0.29, 0.717) is 27.7 Å². The quantitative estimate of drug-likeness (QED) is 0.250. The normalized spacial score (nSPS) is 15.2. The second-order valence-electron chi connectivity index (χ2n) is 10.0. The molecular formula is C28H24FIN4O4. The number of hydrogen-bond acceptors (Lipinski definition) is 5. The number of anilines is 2. The van der Waals surface area contributed by atoms with Crippen LogP contribution in [0.3, 0.4) is 0 Å². The zero-order valence-corrected chi connectivity index (χ0v) is 22.9. The Morgan fingerprint density at radius 1 is 1.03 bits per heavy atom. The molecule has 0 atom stereocenters. The number of nitrogens with one attached hydrogen (secondary N) is 1. The lowest BCUT2D eigenvalue weighted by atomic mass is 10.1. The van der Waals surface area contributed by atoms with Gasteiger partial charge in [0.25, 0.3) is 11.1 Å². The van der Waals surface area contributed by atoms with Gasteiger partial charge in [-0.05, 0) is 85.5 Å². The van der Waals surface area contributed by atoms with Crippen LogP contribution in [0, 0.1) is 22.2 Å². The molecular weight excluding hydrogens is 602 g/mol. The Bertz CT molecular complexity index is 1850. The Morgan fingerprint density at radius 2 is 1.76 bits per heavy atom. The largest absolute Gasteiger partial charge is 0.338 e. The molecule has 8 nitrogen and oxygen atoms in total. The molecule has 10 heteroatoms. The van der Waals surface area contributed by atoms with Crippen molar-refractivity contribution in [1.82, 2.24) is 13.7 Å². The summed E-state index contributed by atoms with van der Waals surface area (Å²) in [6.45, 7) is 1.57. The summed E-state index contributed by atoms with van der Waals surface area (Å²) in [5.41, 5.74) is -0.231. The molecule has 2 saturated carbocycles. The number of nitrogens with zero attached hydrogens (tertiary/aromatic N) is 3. The first kappa shape index (κ1) is 24.8. The molecule has 0 saturated heterocycles. The Kier molecular flexibility index (Phi) is 5.89. The molecule has 2 aromatic heterocycles. The summed E-state index contributed by atoms with van der Waals surface area (Å²) in [6, 6.07) is 11.1. The van der Waals surface area contributed by atoms with Crippen molar-refractivity contribution in [2.45, 2.75) is 38.6 Å². The van der Waals surface area contributed by atoms with Crippen LogP contribution in [-0.4, -0.2) is 19.5 Å². The molecule has 194 valence electrons. The minimum Gasteiger partial charge on any atom is -0.338 e. The Labute approximate surface area is 229 Å². The minimum atomic E-state index is -0.566. The van der Waals surface area contributed by atoms with E-state index < -0.39 is 22.6 Å². The van der Waals surface area contributed by atoms with Gasteiger partial charge in [-0.15, -0.1) is 0 Å². The third-order valence-electron chi connectivity index (χ3n) is 7.28. The highest BCUT2D eigenvalue weighted by Crippen LogP contribution is 2.35. The highest BCUT2D eigenvalue weighted by Gasteiger charge is 2.33. The maximum atomic E-state index is 14.8. The number of aromatic nitrogens is 3. The van der Waals surface area contributed by atoms with E-state index in [1.807, 2.05) is 22.6 Å². The molecule has 0 aliphatic heterocycles. The Morgan fingerprint density at radius 3 is 2.42 bits per heavy atom. The van der Waals surface area contributed by atoms with Crippen molar-refractivity contribution in [1.29, 1.82) is 0 Å². The van der Waals surface area contributed by atoms with E-state index in [4.69, 9.17) is 0 Å². The van der Waals surface area contributed by atoms with Crippen LogP contribution in [0.1, 0.15) is 47.6 Å². The van der Waals surface area contributed by atoms with E-state index in [9.17, 15) is 23.6 Å². The molecule has 0 radical (unpaired) electrons. The van der Waals surface area contributed by atoms with Crippen LogP contribution in [-0.2, 0) is 7.05 Å². The number of fused-ring (bicyclic) bond motifs is 1. The standard InChI is InChI=1S/C28H24FIN4O4/c1-14-23-22(25(32(2)26(14)36)31-21-11-8-17(30)13-20(21)29)27(37)34(18-9-10-18)28(38)33(23)19-5-3-4-16(12-19)24(35)15-6-7-15/h3-5,8,11-13,15,18,31H,6-7,9-10H2,1-2H3. The average molecular weight is 626 g/mol. The van der Waals surface area contributed by atoms with Crippen molar-refractivity contribution in [3.63, 3.8) is 0 Å². The van der Waals surface area contributed by atoms with Gasteiger partial charge in [0.05, 0.1) is 16.9 Å². The van der Waals surface area contributed by atoms with Gasteiger partial charge in [0.1, 0.15) is 17.0 Å². The van der Waals surface area contributed by atoms with Crippen molar-refractivity contribution in [2.75, 3.05) is 5.32 Å². The number of hydrogen-bond donors (Lipinski definition) is 1. The zero-order valence-electron chi connectivity index (χ0n) is 20.8. The predicted molar refractivity (Wildman–Crippen MR) is 152 cm³/mol. The summed E-state index contributed by atoms with van der Waals surface area (Å²) in [4.78, 5) is 54.0. The fraction of sp³-hybridized carbons (Fsp3) is 0.286. The van der Waals surface area contributed by atoms with Crippen molar-refractivity contribution < 1.29 is 9.18 Å². The molecule has 2 aromatic carbocycles. The summed E-state index contributed by atoms with van der Waals surface area (Å²) in [5.74, 6) is -0.439. The fourth-order valence-corrected chi connectivity index (χ4v) is 5.41. The van der Waals surface area contributed by atoms with Crippen LogP contribution in [0.2, 0.25) is 0 Å². The first-order chi connectivity index (χ1) is 18.2. The zero-order chi connectivity index (χ0) is 26.9. The van der Waals surface area contributed by atoms with Gasteiger partial charge >= 0.3 is 5.69 Å². The fourth-order valence-electron chi connectivity index (χ4n) is 4.95. The van der Waals surface area contributed by atoms with Gasteiger partial charge in [-0.3, -0.25) is 28.1 Å². The molecule has 0 unspecified atom stereocenters. The van der Waals surface area contributed by atoms with Gasteiger partial charge in [-0.1, -0.05) is 12.1 Å². The van der Waals surface area contributed by atoms with Crippen LogP contribution < -0.4 is 22.1 Å². The molecule has 1 N–H and O–H groups in total. The first-order valence-corrected chi connectivity index (χ1v) is 13.5. The number of benzene rings is 2. The summed E-state index contributed by atoms with van der Waals surface area (Å²) >= 11 is 2.00. The van der Waals surface area contributed by atoms with Crippen LogP contribution in [0.5, 0.6) is 0 Å². The van der Waals surface area contributed by atoms with E-state index >= 15 is 0 Å².